The van der Waals surface area contributed by atoms with Crippen LogP contribution < -0.4 is 16.0 Å². The van der Waals surface area contributed by atoms with E-state index in [9.17, 15) is 24.0 Å². The maximum Gasteiger partial charge on any atom is 0.408 e. The maximum atomic E-state index is 15.4. The fourth-order valence-electron chi connectivity index (χ4n) is 8.03. The smallest absolute Gasteiger partial charge is 0.408 e. The van der Waals surface area contributed by atoms with Crippen molar-refractivity contribution in [2.24, 2.45) is 0 Å². The van der Waals surface area contributed by atoms with Crippen LogP contribution in [0.15, 0.2) is 48.5 Å². The Morgan fingerprint density at radius 2 is 0.930 bits per heavy atom. The first-order valence-electron chi connectivity index (χ1n) is 23.8. The molecule has 4 aromatic carbocycles. The summed E-state index contributed by atoms with van der Waals surface area (Å²) in [7, 11) is 7.80. The lowest BCUT2D eigenvalue weighted by Crippen LogP contribution is -2.36. The van der Waals surface area contributed by atoms with Crippen molar-refractivity contribution < 1.29 is 51.7 Å². The molecule has 15 heteroatoms. The number of carbonyl (C=O) groups excluding carboxylic acids is 5. The molecular weight excluding hydrogens is 911 g/mol. The Hall–Kier alpha value is -6.19. The average molecular weight is 989 g/mol. The zero-order valence-electron chi connectivity index (χ0n) is 45.3. The summed E-state index contributed by atoms with van der Waals surface area (Å²) in [6, 6.07) is 12.7. The number of aryl methyl sites for hydroxylation is 6. The number of rotatable bonds is 15. The van der Waals surface area contributed by atoms with Crippen molar-refractivity contribution in [3.05, 3.63) is 116 Å². The number of amides is 2. The molecule has 0 aliphatic heterocycles. The zero-order valence-corrected chi connectivity index (χ0v) is 45.3. The molecule has 0 heterocycles. The number of esters is 2. The van der Waals surface area contributed by atoms with E-state index in [-0.39, 0.29) is 37.2 Å². The Morgan fingerprint density at radius 1 is 0.592 bits per heavy atom. The number of nitrogens with one attached hydrogen (secondary N) is 3. The number of halogens is 2. The molecule has 2 atom stereocenters. The number of alkyl carbamates (subject to hydrolysis) is 2. The first kappa shape index (κ1) is 60.9. The van der Waals surface area contributed by atoms with E-state index in [1.54, 1.807) is 106 Å². The summed E-state index contributed by atoms with van der Waals surface area (Å²) in [6.45, 7) is 26.1. The van der Waals surface area contributed by atoms with Crippen molar-refractivity contribution in [2.45, 2.75) is 140 Å². The molecule has 0 unspecified atom stereocenters. The van der Waals surface area contributed by atoms with Gasteiger partial charge in [-0.3, -0.25) is 14.4 Å². The first-order chi connectivity index (χ1) is 33.0. The average Bonchev–Trinajstić information content (AvgIpc) is 3.21. The Labute approximate surface area is 420 Å². The number of ether oxygens (including phenoxy) is 4. The number of carbonyl (C=O) groups is 5. The van der Waals surface area contributed by atoms with Crippen LogP contribution in [-0.2, 0) is 35.1 Å². The fourth-order valence-corrected chi connectivity index (χ4v) is 8.03. The number of hydrogen-bond donors (Lipinski definition) is 3. The highest BCUT2D eigenvalue weighted by Crippen LogP contribution is 2.36. The van der Waals surface area contributed by atoms with Crippen LogP contribution in [-0.4, -0.2) is 87.9 Å². The summed E-state index contributed by atoms with van der Waals surface area (Å²) in [5.74, 6) is -2.09. The van der Waals surface area contributed by atoms with E-state index in [0.717, 1.165) is 57.3 Å². The van der Waals surface area contributed by atoms with Crippen LogP contribution in [0, 0.1) is 53.2 Å². The fraction of sp³-hybridized carbons (Fsp3) is 0.482. The minimum absolute atomic E-state index is 0.155. The van der Waals surface area contributed by atoms with Crippen molar-refractivity contribution in [2.75, 3.05) is 41.4 Å². The Morgan fingerprint density at radius 3 is 1.23 bits per heavy atom. The predicted molar refractivity (Wildman–Crippen MR) is 277 cm³/mol. The standard InChI is InChI=1S/C28H39FN2O4.C26H32FNO5.C2H7N/c1-10-34-24(32)15-23(30-27(33)35-28(5,6)7)22-14-21(13-19(4)26(22)29)25-17(2)11-20(12-18(25)3)16-31(8)9;1-8-32-22(30)13-21(28-25(31)33-26(5,6)7)20-12-19(11-17(4)24(20)27)23-15(2)9-18(14-29)10-16(23)3;1-3-2/h11-14,23H,10,15-16H2,1-9H3,(H,30,33);9-12,14,21H,8,13H2,1-7H3,(H,28,31);3H,1-2H3/t23-;21-;/m00./s1. The van der Waals surface area contributed by atoms with Gasteiger partial charge in [-0.05, 0) is 223 Å². The van der Waals surface area contributed by atoms with Gasteiger partial charge in [-0.25, -0.2) is 18.4 Å². The minimum atomic E-state index is -0.993. The van der Waals surface area contributed by atoms with Crippen LogP contribution >= 0.6 is 0 Å². The predicted octanol–water partition coefficient (Wildman–Crippen LogP) is 11.6. The highest BCUT2D eigenvalue weighted by Gasteiger charge is 2.29. The molecule has 0 aliphatic carbocycles. The van der Waals surface area contributed by atoms with E-state index in [0.29, 0.717) is 16.7 Å². The van der Waals surface area contributed by atoms with Crippen LogP contribution in [0.3, 0.4) is 0 Å². The van der Waals surface area contributed by atoms with Gasteiger partial charge in [0.1, 0.15) is 29.1 Å². The molecule has 71 heavy (non-hydrogen) atoms. The SMILES string of the molecule is CCOC(=O)C[C@H](NC(=O)OC(C)(C)C)c1cc(-c2c(C)cc(C=O)cc2C)cc(C)c1F.CCOC(=O)C[C@H](NC(=O)OC(C)(C)C)c1cc(-c2c(C)cc(CN(C)C)cc2C)cc(C)c1F.CNC. The molecule has 0 fully saturated rings. The third-order valence-electron chi connectivity index (χ3n) is 10.4. The van der Waals surface area contributed by atoms with Crippen molar-refractivity contribution in [3.8, 4) is 22.3 Å². The maximum absolute atomic E-state index is 15.4. The van der Waals surface area contributed by atoms with E-state index >= 15 is 8.78 Å². The van der Waals surface area contributed by atoms with Crippen molar-refractivity contribution in [3.63, 3.8) is 0 Å². The van der Waals surface area contributed by atoms with E-state index in [2.05, 4.69) is 33.0 Å². The van der Waals surface area contributed by atoms with Gasteiger partial charge >= 0.3 is 24.1 Å². The third-order valence-corrected chi connectivity index (χ3v) is 10.4. The van der Waals surface area contributed by atoms with Gasteiger partial charge in [-0.2, -0.15) is 0 Å². The summed E-state index contributed by atoms with van der Waals surface area (Å²) < 4.78 is 51.6. The zero-order chi connectivity index (χ0) is 54.1. The number of aldehydes is 1. The second kappa shape index (κ2) is 27.4. The summed E-state index contributed by atoms with van der Waals surface area (Å²) in [6.07, 6.45) is -1.18. The van der Waals surface area contributed by atoms with E-state index in [1.807, 2.05) is 55.9 Å². The topological polar surface area (TPSA) is 162 Å². The number of hydrogen-bond acceptors (Lipinski definition) is 11. The molecule has 3 N–H and O–H groups in total. The lowest BCUT2D eigenvalue weighted by molar-refractivity contribution is -0.144. The molecule has 390 valence electrons. The van der Waals surface area contributed by atoms with Gasteiger partial charge in [0.05, 0.1) is 38.1 Å². The Bertz CT molecular complexity index is 2450. The molecule has 0 aromatic heterocycles. The Kier molecular flexibility index (Phi) is 23.5. The summed E-state index contributed by atoms with van der Waals surface area (Å²) in [5, 5.41) is 8.05. The van der Waals surface area contributed by atoms with Gasteiger partial charge in [-0.15, -0.1) is 0 Å². The normalized spacial score (nSPS) is 12.0. The lowest BCUT2D eigenvalue weighted by Gasteiger charge is -2.25. The molecular formula is C56H78F2N4O9. The van der Waals surface area contributed by atoms with Crippen LogP contribution in [0.4, 0.5) is 18.4 Å². The molecule has 0 aliphatic rings. The van der Waals surface area contributed by atoms with E-state index in [1.165, 1.54) is 5.56 Å². The number of benzene rings is 4. The summed E-state index contributed by atoms with van der Waals surface area (Å²) in [5.41, 5.74) is 8.67. The van der Waals surface area contributed by atoms with Gasteiger partial charge in [0.15, 0.2) is 0 Å². The quantitative estimate of drug-likeness (QED) is 0.0590. The second-order valence-corrected chi connectivity index (χ2v) is 19.8. The van der Waals surface area contributed by atoms with Crippen LogP contribution in [0.25, 0.3) is 22.3 Å². The molecule has 0 bridgehead atoms. The molecule has 2 amide bonds. The number of nitrogens with zero attached hydrogens (tertiary/aromatic N) is 1. The van der Waals surface area contributed by atoms with E-state index < -0.39 is 59.0 Å². The van der Waals surface area contributed by atoms with Gasteiger partial charge < -0.3 is 39.8 Å². The summed E-state index contributed by atoms with van der Waals surface area (Å²) in [4.78, 5) is 62.9. The first-order valence-corrected chi connectivity index (χ1v) is 23.8. The molecule has 0 saturated carbocycles. The molecule has 4 rings (SSSR count). The van der Waals surface area contributed by atoms with Crippen LogP contribution in [0.2, 0.25) is 0 Å². The minimum Gasteiger partial charge on any atom is -0.466 e. The van der Waals surface area contributed by atoms with Gasteiger partial charge in [-0.1, -0.05) is 12.1 Å². The second-order valence-electron chi connectivity index (χ2n) is 19.8. The lowest BCUT2D eigenvalue weighted by atomic mass is 9.89. The van der Waals surface area contributed by atoms with Crippen molar-refractivity contribution in [1.29, 1.82) is 0 Å². The van der Waals surface area contributed by atoms with Gasteiger partial charge in [0.25, 0.3) is 0 Å². The van der Waals surface area contributed by atoms with Crippen LogP contribution in [0.5, 0.6) is 0 Å². The molecule has 4 aromatic rings. The summed E-state index contributed by atoms with van der Waals surface area (Å²) >= 11 is 0. The monoisotopic (exact) mass is 989 g/mol. The van der Waals surface area contributed by atoms with Gasteiger partial charge in [0.2, 0.25) is 0 Å². The molecule has 0 spiro atoms. The highest BCUT2D eigenvalue weighted by atomic mass is 19.1. The molecule has 0 radical (unpaired) electrons. The molecule has 0 saturated heterocycles. The Balaban J connectivity index is 0.000000462. The van der Waals surface area contributed by atoms with Crippen molar-refractivity contribution in [1.82, 2.24) is 20.9 Å². The van der Waals surface area contributed by atoms with Crippen LogP contribution in [0.1, 0.15) is 141 Å². The highest BCUT2D eigenvalue weighted by molar-refractivity contribution is 5.82. The van der Waals surface area contributed by atoms with Gasteiger partial charge in [0, 0.05) is 23.2 Å². The van der Waals surface area contributed by atoms with E-state index in [4.69, 9.17) is 18.9 Å². The molecule has 13 nitrogen and oxygen atoms in total. The third kappa shape index (κ3) is 19.5. The largest absolute Gasteiger partial charge is 0.466 e. The van der Waals surface area contributed by atoms with Crippen molar-refractivity contribution >= 4 is 30.4 Å².